The highest BCUT2D eigenvalue weighted by atomic mass is 15.6. The van der Waals surface area contributed by atoms with Gasteiger partial charge in [-0.3, -0.25) is 0 Å². The Labute approximate surface area is 123 Å². The Kier molecular flexibility index (Phi) is 3.08. The summed E-state index contributed by atoms with van der Waals surface area (Å²) in [4.78, 5) is 12.8. The van der Waals surface area contributed by atoms with Crippen molar-refractivity contribution in [1.82, 2.24) is 14.9 Å². The lowest BCUT2D eigenvalue weighted by molar-refractivity contribution is 0.736. The molecule has 2 heterocycles. The minimum Gasteiger partial charge on any atom is -0.378 e. The van der Waals surface area contributed by atoms with Gasteiger partial charge in [-0.25, -0.2) is 9.98 Å². The zero-order chi connectivity index (χ0) is 15.1. The van der Waals surface area contributed by atoms with Gasteiger partial charge in [0.05, 0.1) is 11.4 Å². The number of hydrogen-bond donors (Lipinski definition) is 0. The van der Waals surface area contributed by atoms with Crippen molar-refractivity contribution in [3.05, 3.63) is 35.4 Å². The minimum absolute atomic E-state index is 0.702. The van der Waals surface area contributed by atoms with Crippen LogP contribution in [0.25, 0.3) is 0 Å². The van der Waals surface area contributed by atoms with Gasteiger partial charge in [-0.05, 0) is 44.5 Å². The lowest BCUT2D eigenvalue weighted by Gasteiger charge is -2.13. The summed E-state index contributed by atoms with van der Waals surface area (Å²) in [6, 6.07) is 6.21. The van der Waals surface area contributed by atoms with Crippen LogP contribution >= 0.6 is 0 Å². The normalized spacial score (nSPS) is 15.3. The van der Waals surface area contributed by atoms with Crippen LogP contribution in [0.15, 0.2) is 28.3 Å². The van der Waals surface area contributed by atoms with Crippen molar-refractivity contribution in [3.8, 4) is 0 Å². The van der Waals surface area contributed by atoms with Gasteiger partial charge in [-0.15, -0.1) is 9.89 Å². The van der Waals surface area contributed by atoms with Gasteiger partial charge in [-0.1, -0.05) is 0 Å². The summed E-state index contributed by atoms with van der Waals surface area (Å²) < 4.78 is 0. The first-order chi connectivity index (χ1) is 9.95. The molecule has 0 unspecified atom stereocenters. The molecule has 1 aliphatic rings. The van der Waals surface area contributed by atoms with Gasteiger partial charge in [0, 0.05) is 19.8 Å². The van der Waals surface area contributed by atoms with Gasteiger partial charge < -0.3 is 4.90 Å². The molecule has 0 bridgehead atoms. The molecule has 0 saturated heterocycles. The molecule has 0 fully saturated rings. The molecule has 3 rings (SSSR count). The predicted molar refractivity (Wildman–Crippen MR) is 85.0 cm³/mol. The van der Waals surface area contributed by atoms with Crippen molar-refractivity contribution in [2.45, 2.75) is 20.8 Å². The summed E-state index contributed by atoms with van der Waals surface area (Å²) >= 11 is 0. The lowest BCUT2D eigenvalue weighted by atomic mass is 10.1. The van der Waals surface area contributed by atoms with E-state index in [1.165, 1.54) is 0 Å². The highest BCUT2D eigenvalue weighted by Gasteiger charge is 2.23. The molecular formula is C15H18N6. The number of rotatable bonds is 2. The standard InChI is InChI=1S/C15H18N6/c1-9-8-12(20(4)5)6-7-13(9)17-14-10(2)18-21-15(14)16-11(3)19-21/h6-8H,1-5H3. The zero-order valence-electron chi connectivity index (χ0n) is 12.9. The fourth-order valence-electron chi connectivity index (χ4n) is 2.27. The molecule has 1 aliphatic heterocycles. The fraction of sp³-hybridized carbons (Fsp3) is 0.333. The van der Waals surface area contributed by atoms with Crippen molar-refractivity contribution in [2.24, 2.45) is 10.1 Å². The van der Waals surface area contributed by atoms with E-state index >= 15 is 0 Å². The van der Waals surface area contributed by atoms with Crippen LogP contribution in [0.3, 0.4) is 0 Å². The maximum atomic E-state index is 4.74. The monoisotopic (exact) mass is 282 g/mol. The topological polar surface area (TPSA) is 58.7 Å². The van der Waals surface area contributed by atoms with Crippen molar-refractivity contribution < 1.29 is 0 Å². The molecule has 6 heteroatoms. The Balaban J connectivity index is 2.05. The van der Waals surface area contributed by atoms with Gasteiger partial charge >= 0.3 is 0 Å². The maximum absolute atomic E-state index is 4.74. The predicted octanol–water partition coefficient (Wildman–Crippen LogP) is 2.32. The number of fused-ring (bicyclic) bond motifs is 1. The molecule has 1 aromatic carbocycles. The quantitative estimate of drug-likeness (QED) is 0.849. The molecule has 108 valence electrons. The second-order valence-electron chi connectivity index (χ2n) is 5.38. The number of anilines is 1. The average molecular weight is 282 g/mol. The van der Waals surface area contributed by atoms with Crippen LogP contribution in [0, 0.1) is 13.8 Å². The Morgan fingerprint density at radius 2 is 1.90 bits per heavy atom. The van der Waals surface area contributed by atoms with E-state index in [2.05, 4.69) is 39.1 Å². The van der Waals surface area contributed by atoms with Gasteiger partial charge in [0.1, 0.15) is 5.71 Å². The summed E-state index contributed by atoms with van der Waals surface area (Å²) in [7, 11) is 4.05. The summed E-state index contributed by atoms with van der Waals surface area (Å²) in [6.07, 6.45) is 0. The van der Waals surface area contributed by atoms with Gasteiger partial charge in [0.15, 0.2) is 5.82 Å². The highest BCUT2D eigenvalue weighted by molar-refractivity contribution is 6.48. The summed E-state index contributed by atoms with van der Waals surface area (Å²) in [5, 5.41) is 8.57. The Bertz CT molecular complexity index is 766. The molecule has 21 heavy (non-hydrogen) atoms. The SMILES string of the molecule is CC1=Nn2nc(C)nc2C1=Nc1ccc(N(C)C)cc1C. The third kappa shape index (κ3) is 2.33. The molecular weight excluding hydrogens is 264 g/mol. The lowest BCUT2D eigenvalue weighted by Crippen LogP contribution is -2.09. The molecule has 0 saturated carbocycles. The van der Waals surface area contributed by atoms with E-state index in [-0.39, 0.29) is 0 Å². The largest absolute Gasteiger partial charge is 0.378 e. The number of aromatic nitrogens is 3. The van der Waals surface area contributed by atoms with E-state index in [0.29, 0.717) is 11.6 Å². The second-order valence-corrected chi connectivity index (χ2v) is 5.38. The fourth-order valence-corrected chi connectivity index (χ4v) is 2.27. The van der Waals surface area contributed by atoms with Crippen LogP contribution in [0.1, 0.15) is 24.1 Å². The summed E-state index contributed by atoms with van der Waals surface area (Å²) in [5.74, 6) is 1.41. The smallest absolute Gasteiger partial charge is 0.204 e. The maximum Gasteiger partial charge on any atom is 0.204 e. The van der Waals surface area contributed by atoms with E-state index in [4.69, 9.17) is 4.99 Å². The van der Waals surface area contributed by atoms with Crippen LogP contribution in [0.5, 0.6) is 0 Å². The van der Waals surface area contributed by atoms with Gasteiger partial charge in [0.2, 0.25) is 5.82 Å². The van der Waals surface area contributed by atoms with Crippen LogP contribution in [-0.2, 0) is 0 Å². The molecule has 0 spiro atoms. The summed E-state index contributed by atoms with van der Waals surface area (Å²) in [6.45, 7) is 5.84. The van der Waals surface area contributed by atoms with Crippen LogP contribution < -0.4 is 4.90 Å². The van der Waals surface area contributed by atoms with Crippen molar-refractivity contribution in [2.75, 3.05) is 19.0 Å². The first-order valence-electron chi connectivity index (χ1n) is 6.82. The van der Waals surface area contributed by atoms with E-state index in [9.17, 15) is 0 Å². The molecule has 0 radical (unpaired) electrons. The Hall–Kier alpha value is -2.50. The Morgan fingerprint density at radius 3 is 2.57 bits per heavy atom. The van der Waals surface area contributed by atoms with Crippen LogP contribution in [0.2, 0.25) is 0 Å². The highest BCUT2D eigenvalue weighted by Crippen LogP contribution is 2.25. The van der Waals surface area contributed by atoms with Gasteiger partial charge in [0.25, 0.3) is 0 Å². The minimum atomic E-state index is 0.702. The number of aryl methyl sites for hydroxylation is 2. The Morgan fingerprint density at radius 1 is 1.14 bits per heavy atom. The van der Waals surface area contributed by atoms with E-state index in [1.54, 1.807) is 4.79 Å². The molecule has 0 amide bonds. The molecule has 0 aliphatic carbocycles. The molecule has 2 aromatic rings. The van der Waals surface area contributed by atoms with E-state index < -0.39 is 0 Å². The molecule has 1 aromatic heterocycles. The van der Waals surface area contributed by atoms with Crippen molar-refractivity contribution >= 4 is 22.8 Å². The first-order valence-corrected chi connectivity index (χ1v) is 6.82. The van der Waals surface area contributed by atoms with E-state index in [1.807, 2.05) is 34.0 Å². The number of aliphatic imine (C=N–C) groups is 1. The van der Waals surface area contributed by atoms with Crippen molar-refractivity contribution in [1.29, 1.82) is 0 Å². The zero-order valence-corrected chi connectivity index (χ0v) is 12.9. The van der Waals surface area contributed by atoms with Crippen molar-refractivity contribution in [3.63, 3.8) is 0 Å². The van der Waals surface area contributed by atoms with Crippen LogP contribution in [-0.4, -0.2) is 40.4 Å². The summed E-state index contributed by atoms with van der Waals surface area (Å²) in [5.41, 5.74) is 4.83. The van der Waals surface area contributed by atoms with Crippen LogP contribution in [0.4, 0.5) is 11.4 Å². The number of nitrogens with zero attached hydrogens (tertiary/aromatic N) is 6. The molecule has 6 nitrogen and oxygen atoms in total. The molecule has 0 atom stereocenters. The second kappa shape index (κ2) is 4.80. The third-order valence-corrected chi connectivity index (χ3v) is 3.42. The number of benzene rings is 1. The van der Waals surface area contributed by atoms with Gasteiger partial charge in [-0.2, -0.15) is 5.10 Å². The first kappa shape index (κ1) is 13.5. The third-order valence-electron chi connectivity index (χ3n) is 3.42. The number of hydrogen-bond acceptors (Lipinski definition) is 5. The molecule has 0 N–H and O–H groups in total. The average Bonchev–Trinajstić information content (AvgIpc) is 2.89. The van der Waals surface area contributed by atoms with E-state index in [0.717, 1.165) is 28.4 Å².